The van der Waals surface area contributed by atoms with Gasteiger partial charge in [0.1, 0.15) is 11.8 Å². The van der Waals surface area contributed by atoms with Crippen molar-refractivity contribution in [3.05, 3.63) is 29.8 Å². The van der Waals surface area contributed by atoms with E-state index in [9.17, 15) is 4.79 Å². The van der Waals surface area contributed by atoms with Crippen LogP contribution in [0, 0.1) is 6.92 Å². The van der Waals surface area contributed by atoms with Gasteiger partial charge in [-0.05, 0) is 45.2 Å². The van der Waals surface area contributed by atoms with Crippen LogP contribution in [0.2, 0.25) is 0 Å². The fourth-order valence-corrected chi connectivity index (χ4v) is 2.57. The second kappa shape index (κ2) is 6.75. The third-order valence-corrected chi connectivity index (χ3v) is 3.82. The Kier molecular flexibility index (Phi) is 5.01. The average Bonchev–Trinajstić information content (AvgIpc) is 2.48. The van der Waals surface area contributed by atoms with E-state index in [2.05, 4.69) is 11.8 Å². The predicted molar refractivity (Wildman–Crippen MR) is 77.6 cm³/mol. The molecule has 1 fully saturated rings. The van der Waals surface area contributed by atoms with Gasteiger partial charge in [0.25, 0.3) is 0 Å². The third-order valence-electron chi connectivity index (χ3n) is 3.82. The second-order valence-electron chi connectivity index (χ2n) is 5.32. The van der Waals surface area contributed by atoms with Crippen molar-refractivity contribution in [1.82, 2.24) is 4.90 Å². The van der Waals surface area contributed by atoms with Crippen molar-refractivity contribution in [2.45, 2.75) is 45.4 Å². The van der Waals surface area contributed by atoms with Gasteiger partial charge in [-0.2, -0.15) is 0 Å². The van der Waals surface area contributed by atoms with Gasteiger partial charge in [0.15, 0.2) is 6.23 Å². The Morgan fingerprint density at radius 3 is 2.65 bits per heavy atom. The first-order valence-corrected chi connectivity index (χ1v) is 7.18. The summed E-state index contributed by atoms with van der Waals surface area (Å²) in [5, 5.41) is 0. The van der Waals surface area contributed by atoms with Crippen LogP contribution in [0.15, 0.2) is 24.3 Å². The summed E-state index contributed by atoms with van der Waals surface area (Å²) in [6.45, 7) is 4.80. The molecule has 1 saturated heterocycles. The number of carbonyl (C=O) groups excluding carboxylic acids is 1. The van der Waals surface area contributed by atoms with Crippen molar-refractivity contribution in [3.63, 3.8) is 0 Å². The number of nitrogens with zero attached hydrogens (tertiary/aromatic N) is 1. The van der Waals surface area contributed by atoms with Crippen molar-refractivity contribution in [2.75, 3.05) is 13.7 Å². The predicted octanol–water partition coefficient (Wildman–Crippen LogP) is 2.75. The van der Waals surface area contributed by atoms with Crippen molar-refractivity contribution >= 4 is 5.97 Å². The van der Waals surface area contributed by atoms with Gasteiger partial charge < -0.3 is 9.47 Å². The summed E-state index contributed by atoms with van der Waals surface area (Å²) in [5.41, 5.74) is 1.21. The molecular formula is C16H23NO3. The zero-order valence-corrected chi connectivity index (χ0v) is 12.5. The number of likely N-dealkylation sites (tertiary alicyclic amines) is 1. The Labute approximate surface area is 120 Å². The van der Waals surface area contributed by atoms with E-state index < -0.39 is 0 Å². The second-order valence-corrected chi connectivity index (χ2v) is 5.32. The Morgan fingerprint density at radius 1 is 1.30 bits per heavy atom. The van der Waals surface area contributed by atoms with Gasteiger partial charge in [-0.15, -0.1) is 0 Å². The van der Waals surface area contributed by atoms with E-state index in [-0.39, 0.29) is 18.2 Å². The van der Waals surface area contributed by atoms with E-state index in [1.54, 1.807) is 0 Å². The van der Waals surface area contributed by atoms with Gasteiger partial charge in [-0.1, -0.05) is 17.7 Å². The van der Waals surface area contributed by atoms with Crippen molar-refractivity contribution in [3.8, 4) is 5.75 Å². The van der Waals surface area contributed by atoms with Crippen LogP contribution in [0.3, 0.4) is 0 Å². The lowest BCUT2D eigenvalue weighted by molar-refractivity contribution is -0.151. The van der Waals surface area contributed by atoms with Gasteiger partial charge in [-0.25, -0.2) is 0 Å². The van der Waals surface area contributed by atoms with Crippen LogP contribution in [-0.2, 0) is 9.53 Å². The monoisotopic (exact) mass is 277 g/mol. The summed E-state index contributed by atoms with van der Waals surface area (Å²) in [4.78, 5) is 13.8. The topological polar surface area (TPSA) is 38.8 Å². The maximum Gasteiger partial charge on any atom is 0.322 e. The van der Waals surface area contributed by atoms with Crippen molar-refractivity contribution in [2.24, 2.45) is 0 Å². The lowest BCUT2D eigenvalue weighted by Crippen LogP contribution is -2.51. The minimum Gasteiger partial charge on any atom is -0.475 e. The Hall–Kier alpha value is -1.55. The summed E-state index contributed by atoms with van der Waals surface area (Å²) in [6, 6.07) is 7.75. The number of hydrogen-bond acceptors (Lipinski definition) is 4. The van der Waals surface area contributed by atoms with Crippen LogP contribution in [0.5, 0.6) is 5.75 Å². The molecule has 0 N–H and O–H groups in total. The number of aryl methyl sites for hydroxylation is 1. The molecule has 1 aromatic rings. The standard InChI is InChI=1S/C16H23NO3/c1-12-7-9-14(10-8-12)20-15-6-4-5-11-17(15)13(2)16(18)19-3/h7-10,13,15H,4-6,11H2,1-3H3. The Bertz CT molecular complexity index is 444. The molecular weight excluding hydrogens is 254 g/mol. The van der Waals surface area contributed by atoms with Crippen LogP contribution < -0.4 is 4.74 Å². The quantitative estimate of drug-likeness (QED) is 0.793. The Balaban J connectivity index is 2.06. The van der Waals surface area contributed by atoms with Gasteiger partial charge in [0.05, 0.1) is 7.11 Å². The number of hydrogen-bond donors (Lipinski definition) is 0. The van der Waals surface area contributed by atoms with E-state index in [0.717, 1.165) is 31.6 Å². The maximum atomic E-state index is 11.7. The molecule has 1 aromatic carbocycles. The molecule has 2 rings (SSSR count). The molecule has 4 heteroatoms. The first-order chi connectivity index (χ1) is 9.61. The molecule has 4 nitrogen and oxygen atoms in total. The minimum atomic E-state index is -0.268. The smallest absolute Gasteiger partial charge is 0.322 e. The molecule has 2 atom stereocenters. The van der Waals surface area contributed by atoms with Gasteiger partial charge in [0.2, 0.25) is 0 Å². The molecule has 1 heterocycles. The number of carbonyl (C=O) groups is 1. The highest BCUT2D eigenvalue weighted by Crippen LogP contribution is 2.24. The van der Waals surface area contributed by atoms with E-state index in [1.165, 1.54) is 12.7 Å². The van der Waals surface area contributed by atoms with E-state index in [1.807, 2.05) is 31.2 Å². The molecule has 0 spiro atoms. The molecule has 0 saturated carbocycles. The molecule has 1 aliphatic heterocycles. The zero-order chi connectivity index (χ0) is 14.5. The lowest BCUT2D eigenvalue weighted by atomic mass is 10.1. The number of benzene rings is 1. The van der Waals surface area contributed by atoms with E-state index >= 15 is 0 Å². The molecule has 0 aromatic heterocycles. The van der Waals surface area contributed by atoms with Crippen LogP contribution in [0.4, 0.5) is 0 Å². The average molecular weight is 277 g/mol. The molecule has 0 amide bonds. The fourth-order valence-electron chi connectivity index (χ4n) is 2.57. The maximum absolute atomic E-state index is 11.7. The molecule has 110 valence electrons. The summed E-state index contributed by atoms with van der Waals surface area (Å²) < 4.78 is 10.9. The minimum absolute atomic E-state index is 0.0550. The van der Waals surface area contributed by atoms with Crippen molar-refractivity contribution in [1.29, 1.82) is 0 Å². The number of ether oxygens (including phenoxy) is 2. The molecule has 0 bridgehead atoms. The molecule has 0 aliphatic carbocycles. The van der Waals surface area contributed by atoms with Crippen LogP contribution in [0.1, 0.15) is 31.7 Å². The fraction of sp³-hybridized carbons (Fsp3) is 0.562. The van der Waals surface area contributed by atoms with Gasteiger partial charge in [0, 0.05) is 6.54 Å². The lowest BCUT2D eigenvalue weighted by Gasteiger charge is -2.38. The van der Waals surface area contributed by atoms with Crippen molar-refractivity contribution < 1.29 is 14.3 Å². The first kappa shape index (κ1) is 14.9. The number of piperidine rings is 1. The number of esters is 1. The zero-order valence-electron chi connectivity index (χ0n) is 12.5. The highest BCUT2D eigenvalue weighted by atomic mass is 16.5. The number of rotatable bonds is 4. The summed E-state index contributed by atoms with van der Waals surface area (Å²) >= 11 is 0. The van der Waals surface area contributed by atoms with Gasteiger partial charge in [-0.3, -0.25) is 9.69 Å². The normalized spacial score (nSPS) is 21.2. The summed E-state index contributed by atoms with van der Waals surface area (Å²) in [5.74, 6) is 0.647. The first-order valence-electron chi connectivity index (χ1n) is 7.18. The highest BCUT2D eigenvalue weighted by molar-refractivity contribution is 5.75. The largest absolute Gasteiger partial charge is 0.475 e. The summed E-state index contributed by atoms with van der Waals surface area (Å²) in [6.07, 6.45) is 3.10. The van der Waals surface area contributed by atoms with Crippen LogP contribution in [-0.4, -0.2) is 36.8 Å². The van der Waals surface area contributed by atoms with Gasteiger partial charge >= 0.3 is 5.97 Å². The molecule has 0 radical (unpaired) electrons. The van der Waals surface area contributed by atoms with E-state index in [0.29, 0.717) is 0 Å². The number of methoxy groups -OCH3 is 1. The SMILES string of the molecule is COC(=O)C(C)N1CCCCC1Oc1ccc(C)cc1. The molecule has 2 unspecified atom stereocenters. The molecule has 20 heavy (non-hydrogen) atoms. The summed E-state index contributed by atoms with van der Waals surface area (Å²) in [7, 11) is 1.43. The van der Waals surface area contributed by atoms with E-state index in [4.69, 9.17) is 9.47 Å². The Morgan fingerprint density at radius 2 is 2.00 bits per heavy atom. The van der Waals surface area contributed by atoms with Crippen LogP contribution in [0.25, 0.3) is 0 Å². The third kappa shape index (κ3) is 3.51. The molecule has 1 aliphatic rings. The van der Waals surface area contributed by atoms with Crippen LogP contribution >= 0.6 is 0 Å². The highest BCUT2D eigenvalue weighted by Gasteiger charge is 2.32.